The Balaban J connectivity index is 2.11. The first-order valence-corrected chi connectivity index (χ1v) is 6.68. The van der Waals surface area contributed by atoms with Gasteiger partial charge in [0.2, 0.25) is 0 Å². The van der Waals surface area contributed by atoms with Gasteiger partial charge in [-0.25, -0.2) is 0 Å². The Morgan fingerprint density at radius 3 is 2.55 bits per heavy atom. The number of hydrogen-bond acceptors (Lipinski definition) is 2. The number of hydrogen-bond donors (Lipinski definition) is 0. The van der Waals surface area contributed by atoms with Crippen LogP contribution in [0.4, 0.5) is 0 Å². The van der Waals surface area contributed by atoms with E-state index in [0.29, 0.717) is 5.56 Å². The van der Waals surface area contributed by atoms with Crippen molar-refractivity contribution in [1.82, 2.24) is 0 Å². The lowest BCUT2D eigenvalue weighted by Gasteiger charge is -2.00. The van der Waals surface area contributed by atoms with Crippen molar-refractivity contribution < 1.29 is 9.53 Å². The zero-order valence-electron chi connectivity index (χ0n) is 11.8. The number of ether oxygens (including phenoxy) is 1. The van der Waals surface area contributed by atoms with E-state index in [9.17, 15) is 4.79 Å². The SMILES string of the molecule is CCc1ccc(C(=O)C=Cc2cccc(OC)c2)cc1. The Morgan fingerprint density at radius 2 is 1.90 bits per heavy atom. The highest BCUT2D eigenvalue weighted by molar-refractivity contribution is 6.06. The quantitative estimate of drug-likeness (QED) is 0.600. The zero-order chi connectivity index (χ0) is 14.4. The maximum absolute atomic E-state index is 12.1. The van der Waals surface area contributed by atoms with E-state index in [0.717, 1.165) is 17.7 Å². The van der Waals surface area contributed by atoms with E-state index >= 15 is 0 Å². The molecule has 2 rings (SSSR count). The van der Waals surface area contributed by atoms with Gasteiger partial charge in [-0.2, -0.15) is 0 Å². The highest BCUT2D eigenvalue weighted by atomic mass is 16.5. The van der Waals surface area contributed by atoms with Gasteiger partial charge in [-0.05, 0) is 35.8 Å². The second-order valence-electron chi connectivity index (χ2n) is 4.52. The van der Waals surface area contributed by atoms with Crippen LogP contribution in [0.25, 0.3) is 6.08 Å². The minimum Gasteiger partial charge on any atom is -0.497 e. The molecule has 102 valence electrons. The van der Waals surface area contributed by atoms with Crippen LogP contribution in [0.5, 0.6) is 5.75 Å². The van der Waals surface area contributed by atoms with Crippen LogP contribution in [0.1, 0.15) is 28.4 Å². The fraction of sp³-hybridized carbons (Fsp3) is 0.167. The highest BCUT2D eigenvalue weighted by Gasteiger charge is 2.01. The van der Waals surface area contributed by atoms with Gasteiger partial charge >= 0.3 is 0 Å². The van der Waals surface area contributed by atoms with Crippen LogP contribution < -0.4 is 4.74 Å². The first-order chi connectivity index (χ1) is 9.72. The number of benzene rings is 2. The van der Waals surface area contributed by atoms with Crippen molar-refractivity contribution in [3.05, 3.63) is 71.3 Å². The number of allylic oxidation sites excluding steroid dienone is 1. The van der Waals surface area contributed by atoms with E-state index in [1.807, 2.05) is 48.5 Å². The van der Waals surface area contributed by atoms with Crippen molar-refractivity contribution in [2.24, 2.45) is 0 Å². The zero-order valence-corrected chi connectivity index (χ0v) is 11.8. The molecule has 0 N–H and O–H groups in total. The number of methoxy groups -OCH3 is 1. The first kappa shape index (κ1) is 14.1. The molecule has 0 aliphatic carbocycles. The van der Waals surface area contributed by atoms with Gasteiger partial charge in [0.15, 0.2) is 5.78 Å². The molecule has 2 aromatic rings. The van der Waals surface area contributed by atoms with Gasteiger partial charge in [0.1, 0.15) is 5.75 Å². The summed E-state index contributed by atoms with van der Waals surface area (Å²) in [4.78, 5) is 12.1. The molecule has 0 spiro atoms. The molecule has 0 heterocycles. The lowest BCUT2D eigenvalue weighted by molar-refractivity contribution is 0.104. The topological polar surface area (TPSA) is 26.3 Å². The third-order valence-electron chi connectivity index (χ3n) is 3.17. The summed E-state index contributed by atoms with van der Waals surface area (Å²) in [7, 11) is 1.63. The summed E-state index contributed by atoms with van der Waals surface area (Å²) >= 11 is 0. The van der Waals surface area contributed by atoms with E-state index < -0.39 is 0 Å². The monoisotopic (exact) mass is 266 g/mol. The number of aryl methyl sites for hydroxylation is 1. The number of rotatable bonds is 5. The van der Waals surface area contributed by atoms with Crippen LogP contribution in [0.15, 0.2) is 54.6 Å². The molecule has 0 fully saturated rings. The van der Waals surface area contributed by atoms with Crippen LogP contribution >= 0.6 is 0 Å². The Bertz CT molecular complexity index is 610. The lowest BCUT2D eigenvalue weighted by atomic mass is 10.1. The van der Waals surface area contributed by atoms with Gasteiger partial charge in [0.25, 0.3) is 0 Å². The fourth-order valence-corrected chi connectivity index (χ4v) is 1.92. The molecule has 20 heavy (non-hydrogen) atoms. The van der Waals surface area contributed by atoms with Crippen LogP contribution in [0.2, 0.25) is 0 Å². The van der Waals surface area contributed by atoms with Gasteiger partial charge in [-0.15, -0.1) is 0 Å². The predicted molar refractivity (Wildman–Crippen MR) is 82.2 cm³/mol. The van der Waals surface area contributed by atoms with Crippen molar-refractivity contribution in [3.63, 3.8) is 0 Å². The summed E-state index contributed by atoms with van der Waals surface area (Å²) in [6.45, 7) is 2.10. The molecule has 0 saturated heterocycles. The fourth-order valence-electron chi connectivity index (χ4n) is 1.92. The van der Waals surface area contributed by atoms with E-state index in [-0.39, 0.29) is 5.78 Å². The van der Waals surface area contributed by atoms with Gasteiger partial charge in [-0.1, -0.05) is 49.4 Å². The summed E-state index contributed by atoms with van der Waals surface area (Å²) in [6.07, 6.45) is 4.38. The molecular formula is C18H18O2. The van der Waals surface area contributed by atoms with Gasteiger partial charge in [0.05, 0.1) is 7.11 Å². The second kappa shape index (κ2) is 6.71. The summed E-state index contributed by atoms with van der Waals surface area (Å²) in [5.74, 6) is 0.794. The molecule has 0 aromatic heterocycles. The molecule has 0 amide bonds. The molecule has 0 aliphatic heterocycles. The molecule has 0 unspecified atom stereocenters. The number of ketones is 1. The number of carbonyl (C=O) groups excluding carboxylic acids is 1. The predicted octanol–water partition coefficient (Wildman–Crippen LogP) is 4.15. The first-order valence-electron chi connectivity index (χ1n) is 6.68. The molecule has 2 aromatic carbocycles. The van der Waals surface area contributed by atoms with Gasteiger partial charge in [-0.3, -0.25) is 4.79 Å². The standard InChI is InChI=1S/C18H18O2/c1-3-14-7-10-16(11-8-14)18(19)12-9-15-5-4-6-17(13-15)20-2/h4-13H,3H2,1-2H3. The summed E-state index contributed by atoms with van der Waals surface area (Å²) in [6, 6.07) is 15.3. The Morgan fingerprint density at radius 1 is 1.15 bits per heavy atom. The Kier molecular flexibility index (Phi) is 4.72. The van der Waals surface area contributed by atoms with Crippen molar-refractivity contribution in [3.8, 4) is 5.75 Å². The minimum absolute atomic E-state index is 0.00970. The third kappa shape index (κ3) is 3.58. The largest absolute Gasteiger partial charge is 0.497 e. The van der Waals surface area contributed by atoms with Crippen molar-refractivity contribution in [1.29, 1.82) is 0 Å². The van der Waals surface area contributed by atoms with Crippen LogP contribution in [0, 0.1) is 0 Å². The Labute approximate surface area is 119 Å². The van der Waals surface area contributed by atoms with Gasteiger partial charge in [0, 0.05) is 5.56 Å². The van der Waals surface area contributed by atoms with Crippen molar-refractivity contribution >= 4 is 11.9 Å². The average Bonchev–Trinajstić information content (AvgIpc) is 2.53. The molecule has 0 saturated carbocycles. The van der Waals surface area contributed by atoms with E-state index in [2.05, 4.69) is 6.92 Å². The summed E-state index contributed by atoms with van der Waals surface area (Å²) < 4.78 is 5.15. The lowest BCUT2D eigenvalue weighted by Crippen LogP contribution is -1.94. The van der Waals surface area contributed by atoms with E-state index in [1.165, 1.54) is 5.56 Å². The average molecular weight is 266 g/mol. The molecule has 0 aliphatic rings. The van der Waals surface area contributed by atoms with Gasteiger partial charge < -0.3 is 4.74 Å². The molecule has 0 radical (unpaired) electrons. The molecule has 0 atom stereocenters. The third-order valence-corrected chi connectivity index (χ3v) is 3.17. The van der Waals surface area contributed by atoms with Crippen LogP contribution in [-0.2, 0) is 6.42 Å². The van der Waals surface area contributed by atoms with E-state index in [1.54, 1.807) is 19.3 Å². The van der Waals surface area contributed by atoms with E-state index in [4.69, 9.17) is 4.74 Å². The summed E-state index contributed by atoms with van der Waals surface area (Å²) in [5, 5.41) is 0. The highest BCUT2D eigenvalue weighted by Crippen LogP contribution is 2.14. The van der Waals surface area contributed by atoms with Crippen LogP contribution in [-0.4, -0.2) is 12.9 Å². The van der Waals surface area contributed by atoms with Crippen LogP contribution in [0.3, 0.4) is 0 Å². The molecule has 0 bridgehead atoms. The number of carbonyl (C=O) groups is 1. The summed E-state index contributed by atoms with van der Waals surface area (Å²) in [5.41, 5.74) is 2.89. The minimum atomic E-state index is 0.00970. The second-order valence-corrected chi connectivity index (χ2v) is 4.52. The maximum Gasteiger partial charge on any atom is 0.185 e. The van der Waals surface area contributed by atoms with Crippen molar-refractivity contribution in [2.45, 2.75) is 13.3 Å². The molecule has 2 nitrogen and oxygen atoms in total. The maximum atomic E-state index is 12.1. The Hall–Kier alpha value is -2.35. The molecule has 2 heteroatoms. The normalized spacial score (nSPS) is 10.7. The smallest absolute Gasteiger partial charge is 0.185 e. The van der Waals surface area contributed by atoms with Crippen molar-refractivity contribution in [2.75, 3.05) is 7.11 Å². The molecular weight excluding hydrogens is 248 g/mol.